The largest absolute Gasteiger partial charge is 0.318 e. The third-order valence-corrected chi connectivity index (χ3v) is 6.17. The second-order valence-electron chi connectivity index (χ2n) is 7.06. The molecule has 2 aromatic carbocycles. The highest BCUT2D eigenvalue weighted by Crippen LogP contribution is 2.33. The molecule has 0 bridgehead atoms. The van der Waals surface area contributed by atoms with Crippen molar-refractivity contribution in [1.82, 2.24) is 4.57 Å². The molecule has 3 rings (SSSR count). The highest BCUT2D eigenvalue weighted by Gasteiger charge is 2.24. The van der Waals surface area contributed by atoms with Gasteiger partial charge in [-0.25, -0.2) is 12.8 Å². The van der Waals surface area contributed by atoms with Gasteiger partial charge in [0, 0.05) is 48.5 Å². The van der Waals surface area contributed by atoms with Crippen LogP contribution in [0.2, 0.25) is 5.02 Å². The summed E-state index contributed by atoms with van der Waals surface area (Å²) >= 11 is 5.87. The van der Waals surface area contributed by atoms with E-state index in [1.807, 2.05) is 0 Å². The van der Waals surface area contributed by atoms with Crippen LogP contribution in [0.5, 0.6) is 0 Å². The minimum absolute atomic E-state index is 0.0777. The molecule has 0 aliphatic rings. The minimum atomic E-state index is -3.49. The summed E-state index contributed by atoms with van der Waals surface area (Å²) in [6.07, 6.45) is 2.39. The van der Waals surface area contributed by atoms with E-state index in [1.165, 1.54) is 54.2 Å². The molecule has 0 aliphatic carbocycles. The number of carbonyl (C=O) groups excluding carboxylic acids is 1. The average molecular weight is 448 g/mol. The van der Waals surface area contributed by atoms with Crippen molar-refractivity contribution >= 4 is 27.2 Å². The summed E-state index contributed by atoms with van der Waals surface area (Å²) in [5.74, 6) is -1.64. The van der Waals surface area contributed by atoms with Gasteiger partial charge in [0.25, 0.3) is 0 Å². The molecular weight excluding hydrogens is 429 g/mol. The maximum Gasteiger partial charge on any atom is 0.250 e. The zero-order valence-electron chi connectivity index (χ0n) is 16.3. The summed E-state index contributed by atoms with van der Waals surface area (Å²) in [6.45, 7) is 0. The first kappa shape index (κ1) is 21.9. The van der Waals surface area contributed by atoms with E-state index in [9.17, 15) is 22.4 Å². The number of rotatable bonds is 6. The van der Waals surface area contributed by atoms with Gasteiger partial charge in [-0.2, -0.15) is 0 Å². The summed E-state index contributed by atoms with van der Waals surface area (Å²) in [7, 11) is -1.95. The molecular formula is C22H19ClFNO4S. The topological polar surface area (TPSA) is 73.2 Å². The molecule has 156 valence electrons. The Balaban J connectivity index is 2.09. The molecule has 0 aliphatic heterocycles. The van der Waals surface area contributed by atoms with Crippen LogP contribution < -0.4 is 5.56 Å². The Hall–Kier alpha value is -2.77. The van der Waals surface area contributed by atoms with Crippen LogP contribution in [-0.2, 0) is 16.9 Å². The monoisotopic (exact) mass is 447 g/mol. The first-order valence-corrected chi connectivity index (χ1v) is 11.3. The normalized spacial score (nSPS) is 12.5. The van der Waals surface area contributed by atoms with Gasteiger partial charge in [0.15, 0.2) is 15.6 Å². The lowest BCUT2D eigenvalue weighted by molar-refractivity contribution is 0.0976. The molecule has 1 heterocycles. The number of aromatic nitrogens is 1. The third-order valence-electron chi connectivity index (χ3n) is 4.82. The summed E-state index contributed by atoms with van der Waals surface area (Å²) in [5.41, 5.74) is 0.754. The van der Waals surface area contributed by atoms with Crippen LogP contribution in [0.25, 0.3) is 0 Å². The fourth-order valence-electron chi connectivity index (χ4n) is 3.22. The van der Waals surface area contributed by atoms with E-state index in [1.54, 1.807) is 12.1 Å². The second kappa shape index (κ2) is 8.53. The van der Waals surface area contributed by atoms with Crippen LogP contribution in [-0.4, -0.2) is 25.0 Å². The zero-order valence-corrected chi connectivity index (χ0v) is 17.9. The Morgan fingerprint density at radius 3 is 2.50 bits per heavy atom. The van der Waals surface area contributed by atoms with Crippen molar-refractivity contribution in [3.05, 3.63) is 98.7 Å². The van der Waals surface area contributed by atoms with E-state index in [2.05, 4.69) is 0 Å². The number of nitrogens with zero attached hydrogens (tertiary/aromatic N) is 1. The van der Waals surface area contributed by atoms with Gasteiger partial charge in [0.05, 0.1) is 4.90 Å². The number of pyridine rings is 1. The number of hydrogen-bond acceptors (Lipinski definition) is 4. The molecule has 0 radical (unpaired) electrons. The van der Waals surface area contributed by atoms with Crippen LogP contribution in [0, 0.1) is 5.82 Å². The Morgan fingerprint density at radius 1 is 1.13 bits per heavy atom. The maximum atomic E-state index is 14.7. The predicted molar refractivity (Wildman–Crippen MR) is 113 cm³/mol. The molecule has 1 atom stereocenters. The SMILES string of the molecule is Cn1cc(C(=O)CC(c2cccc(S(C)(=O)=O)c2)c2ccc(Cl)cc2F)ccc1=O. The lowest BCUT2D eigenvalue weighted by Gasteiger charge is -2.19. The number of aryl methyl sites for hydroxylation is 1. The molecule has 0 N–H and O–H groups in total. The molecule has 0 saturated heterocycles. The molecule has 8 heteroatoms. The summed E-state index contributed by atoms with van der Waals surface area (Å²) in [5, 5.41) is 0.212. The average Bonchev–Trinajstić information content (AvgIpc) is 2.68. The van der Waals surface area contributed by atoms with E-state index < -0.39 is 21.6 Å². The number of ketones is 1. The van der Waals surface area contributed by atoms with Crippen LogP contribution >= 0.6 is 11.6 Å². The molecule has 3 aromatic rings. The highest BCUT2D eigenvalue weighted by molar-refractivity contribution is 7.90. The van der Waals surface area contributed by atoms with Gasteiger partial charge in [-0.1, -0.05) is 29.8 Å². The van der Waals surface area contributed by atoms with E-state index in [-0.39, 0.29) is 33.2 Å². The van der Waals surface area contributed by atoms with Gasteiger partial charge >= 0.3 is 0 Å². The summed E-state index contributed by atoms with van der Waals surface area (Å²) < 4.78 is 40.0. The molecule has 30 heavy (non-hydrogen) atoms. The predicted octanol–water partition coefficient (Wildman–Crippen LogP) is 3.99. The van der Waals surface area contributed by atoms with Crippen LogP contribution in [0.1, 0.15) is 33.8 Å². The number of Topliss-reactive ketones (excluding diaryl/α,β-unsaturated/α-hetero) is 1. The lowest BCUT2D eigenvalue weighted by Crippen LogP contribution is -2.18. The number of halogens is 2. The quantitative estimate of drug-likeness (QED) is 0.535. The molecule has 0 fully saturated rings. The van der Waals surface area contributed by atoms with Crippen molar-refractivity contribution in [1.29, 1.82) is 0 Å². The van der Waals surface area contributed by atoms with E-state index >= 15 is 0 Å². The number of hydrogen-bond donors (Lipinski definition) is 0. The van der Waals surface area contributed by atoms with Crippen molar-refractivity contribution in [3.8, 4) is 0 Å². The van der Waals surface area contributed by atoms with E-state index in [4.69, 9.17) is 11.6 Å². The molecule has 0 saturated carbocycles. The van der Waals surface area contributed by atoms with Crippen molar-refractivity contribution in [3.63, 3.8) is 0 Å². The fourth-order valence-corrected chi connectivity index (χ4v) is 4.05. The minimum Gasteiger partial charge on any atom is -0.318 e. The van der Waals surface area contributed by atoms with Crippen molar-refractivity contribution < 1.29 is 17.6 Å². The lowest BCUT2D eigenvalue weighted by atomic mass is 9.85. The summed E-state index contributed by atoms with van der Waals surface area (Å²) in [6, 6.07) is 13.0. The van der Waals surface area contributed by atoms with Crippen LogP contribution in [0.4, 0.5) is 4.39 Å². The Morgan fingerprint density at radius 2 is 1.87 bits per heavy atom. The van der Waals surface area contributed by atoms with Crippen molar-refractivity contribution in [2.45, 2.75) is 17.2 Å². The first-order valence-electron chi connectivity index (χ1n) is 9.01. The smallest absolute Gasteiger partial charge is 0.250 e. The maximum absolute atomic E-state index is 14.7. The molecule has 5 nitrogen and oxygen atoms in total. The van der Waals surface area contributed by atoms with Gasteiger partial charge in [-0.05, 0) is 41.5 Å². The molecule has 1 unspecified atom stereocenters. The van der Waals surface area contributed by atoms with Gasteiger partial charge in [-0.15, -0.1) is 0 Å². The number of carbonyl (C=O) groups is 1. The first-order chi connectivity index (χ1) is 14.1. The number of benzene rings is 2. The standard InChI is InChI=1S/C22H19ClFNO4S/c1-25-13-15(6-9-22(25)27)21(26)12-19(18-8-7-16(23)11-20(18)24)14-4-3-5-17(10-14)30(2,28)29/h3-11,13,19H,12H2,1-2H3. The van der Waals surface area contributed by atoms with Crippen LogP contribution in [0.15, 0.2) is 70.5 Å². The Labute approximate surface area is 178 Å². The second-order valence-corrected chi connectivity index (χ2v) is 9.51. The molecule has 0 spiro atoms. The van der Waals surface area contributed by atoms with Crippen molar-refractivity contribution in [2.75, 3.05) is 6.26 Å². The molecule has 1 aromatic heterocycles. The van der Waals surface area contributed by atoms with E-state index in [0.29, 0.717) is 11.1 Å². The zero-order chi connectivity index (χ0) is 22.1. The van der Waals surface area contributed by atoms with Crippen molar-refractivity contribution in [2.24, 2.45) is 7.05 Å². The van der Waals surface area contributed by atoms with Gasteiger partial charge in [0.2, 0.25) is 5.56 Å². The van der Waals surface area contributed by atoms with Gasteiger partial charge < -0.3 is 4.57 Å². The van der Waals surface area contributed by atoms with Gasteiger partial charge in [-0.3, -0.25) is 9.59 Å². The molecule has 0 amide bonds. The Kier molecular flexibility index (Phi) is 6.24. The number of sulfone groups is 1. The third kappa shape index (κ3) is 4.86. The van der Waals surface area contributed by atoms with Crippen LogP contribution in [0.3, 0.4) is 0 Å². The summed E-state index contributed by atoms with van der Waals surface area (Å²) in [4.78, 5) is 24.6. The van der Waals surface area contributed by atoms with E-state index in [0.717, 1.165) is 12.3 Å². The highest BCUT2D eigenvalue weighted by atomic mass is 35.5. The Bertz CT molecular complexity index is 1280. The fraction of sp³-hybridized carbons (Fsp3) is 0.182. The van der Waals surface area contributed by atoms with Gasteiger partial charge in [0.1, 0.15) is 5.82 Å².